The number of carbonyl (C=O) groups excluding carboxylic acids is 4. The van der Waals surface area contributed by atoms with Crippen LogP contribution in [0, 0.1) is 0 Å². The molecule has 6 amide bonds. The van der Waals surface area contributed by atoms with Crippen LogP contribution in [-0.2, 0) is 16.0 Å². The average Bonchev–Trinajstić information content (AvgIpc) is 3.20. The van der Waals surface area contributed by atoms with E-state index in [1.165, 1.54) is 9.80 Å². The topological polar surface area (TPSA) is 153 Å². The average molecular weight is 486 g/mol. The van der Waals surface area contributed by atoms with Gasteiger partial charge in [-0.05, 0) is 39.3 Å². The predicted molar refractivity (Wildman–Crippen MR) is 133 cm³/mol. The van der Waals surface area contributed by atoms with E-state index in [2.05, 4.69) is 20.9 Å². The van der Waals surface area contributed by atoms with Crippen LogP contribution in [0.4, 0.5) is 9.59 Å². The number of hydrogen-bond acceptors (Lipinski definition) is 4. The number of aromatic nitrogens is 1. The molecule has 1 aromatic carbocycles. The van der Waals surface area contributed by atoms with Gasteiger partial charge in [-0.1, -0.05) is 18.2 Å². The second kappa shape index (κ2) is 11.1. The van der Waals surface area contributed by atoms with Crippen LogP contribution in [0.3, 0.4) is 0 Å². The van der Waals surface area contributed by atoms with Gasteiger partial charge in [0.2, 0.25) is 11.8 Å². The second-order valence-electron chi connectivity index (χ2n) is 9.39. The number of nitrogens with two attached hydrogens (primary N) is 1. The maximum atomic E-state index is 13.4. The molecule has 35 heavy (non-hydrogen) atoms. The van der Waals surface area contributed by atoms with E-state index in [1.54, 1.807) is 6.20 Å². The summed E-state index contributed by atoms with van der Waals surface area (Å²) in [5.74, 6) is -1.23. The van der Waals surface area contributed by atoms with E-state index < -0.39 is 29.9 Å². The van der Waals surface area contributed by atoms with Gasteiger partial charge in [-0.3, -0.25) is 9.59 Å². The first kappa shape index (κ1) is 25.9. The van der Waals surface area contributed by atoms with Gasteiger partial charge in [0, 0.05) is 48.7 Å². The number of nitrogens with one attached hydrogen (secondary N) is 4. The zero-order chi connectivity index (χ0) is 25.7. The van der Waals surface area contributed by atoms with Gasteiger partial charge in [-0.25, -0.2) is 9.59 Å². The Morgan fingerprint density at radius 2 is 1.66 bits per heavy atom. The summed E-state index contributed by atoms with van der Waals surface area (Å²) in [6.45, 7) is 7.78. The van der Waals surface area contributed by atoms with E-state index >= 15 is 0 Å². The monoisotopic (exact) mass is 485 g/mol. The number of rotatable bonds is 7. The van der Waals surface area contributed by atoms with Crippen molar-refractivity contribution >= 4 is 34.8 Å². The van der Waals surface area contributed by atoms with Crippen LogP contribution in [0.15, 0.2) is 30.5 Å². The predicted octanol–water partition coefficient (Wildman–Crippen LogP) is 0.903. The van der Waals surface area contributed by atoms with Crippen LogP contribution in [0.1, 0.15) is 33.3 Å². The van der Waals surface area contributed by atoms with Crippen molar-refractivity contribution in [2.75, 3.05) is 19.6 Å². The lowest BCUT2D eigenvalue weighted by Gasteiger charge is -2.41. The highest BCUT2D eigenvalue weighted by molar-refractivity contribution is 5.93. The number of hydrogen-bond donors (Lipinski definition) is 5. The number of aromatic amines is 1. The molecule has 6 N–H and O–H groups in total. The number of fused-ring (bicyclic) bond motifs is 1. The minimum atomic E-state index is -0.989. The molecule has 1 fully saturated rings. The van der Waals surface area contributed by atoms with Gasteiger partial charge in [0.1, 0.15) is 12.1 Å². The van der Waals surface area contributed by atoms with E-state index in [9.17, 15) is 19.2 Å². The fourth-order valence-corrected chi connectivity index (χ4v) is 4.11. The van der Waals surface area contributed by atoms with Gasteiger partial charge in [0.25, 0.3) is 0 Å². The molecule has 2 aromatic rings. The van der Waals surface area contributed by atoms with Crippen molar-refractivity contribution in [3.63, 3.8) is 0 Å². The van der Waals surface area contributed by atoms with Gasteiger partial charge in [-0.15, -0.1) is 0 Å². The highest BCUT2D eigenvalue weighted by Gasteiger charge is 2.38. The Bertz CT molecular complexity index is 1080. The summed E-state index contributed by atoms with van der Waals surface area (Å²) in [6.07, 6.45) is 1.97. The largest absolute Gasteiger partial charge is 0.368 e. The zero-order valence-corrected chi connectivity index (χ0v) is 20.6. The number of urea groups is 2. The molecular weight excluding hydrogens is 450 g/mol. The van der Waals surface area contributed by atoms with Crippen molar-refractivity contribution in [2.24, 2.45) is 5.73 Å². The smallest absolute Gasteiger partial charge is 0.318 e. The van der Waals surface area contributed by atoms with Gasteiger partial charge < -0.3 is 36.5 Å². The molecule has 1 aliphatic rings. The van der Waals surface area contributed by atoms with E-state index in [0.29, 0.717) is 0 Å². The van der Waals surface area contributed by atoms with Gasteiger partial charge in [-0.2, -0.15) is 0 Å². The fraction of sp³-hybridized carbons (Fsp3) is 0.500. The third-order valence-electron chi connectivity index (χ3n) is 5.81. The third kappa shape index (κ3) is 6.43. The molecule has 2 atom stereocenters. The molecule has 1 saturated heterocycles. The summed E-state index contributed by atoms with van der Waals surface area (Å²) < 4.78 is 0. The molecule has 3 rings (SSSR count). The highest BCUT2D eigenvalue weighted by atomic mass is 16.2. The number of nitrogens with zero attached hydrogens (tertiary/aromatic N) is 2. The minimum absolute atomic E-state index is 0.00549. The van der Waals surface area contributed by atoms with Crippen molar-refractivity contribution in [3.05, 3.63) is 36.0 Å². The lowest BCUT2D eigenvalue weighted by atomic mass is 10.0. The van der Waals surface area contributed by atoms with E-state index in [-0.39, 0.29) is 44.2 Å². The highest BCUT2D eigenvalue weighted by Crippen LogP contribution is 2.19. The lowest BCUT2D eigenvalue weighted by molar-refractivity contribution is -0.131. The van der Waals surface area contributed by atoms with Crippen molar-refractivity contribution in [2.45, 2.75) is 58.3 Å². The number of benzene rings is 1. The number of piperazine rings is 1. The number of para-hydroxylation sites is 1. The normalized spacial score (nSPS) is 16.9. The van der Waals surface area contributed by atoms with Crippen molar-refractivity contribution in [1.29, 1.82) is 0 Å². The van der Waals surface area contributed by atoms with E-state index in [1.807, 2.05) is 52.0 Å². The molecule has 0 bridgehead atoms. The second-order valence-corrected chi connectivity index (χ2v) is 9.39. The quantitative estimate of drug-likeness (QED) is 0.396. The molecule has 190 valence electrons. The minimum Gasteiger partial charge on any atom is -0.368 e. The Kier molecular flexibility index (Phi) is 8.21. The van der Waals surface area contributed by atoms with Gasteiger partial charge in [0.15, 0.2) is 0 Å². The van der Waals surface area contributed by atoms with Crippen LogP contribution < -0.4 is 21.7 Å². The summed E-state index contributed by atoms with van der Waals surface area (Å²) >= 11 is 0. The first-order valence-corrected chi connectivity index (χ1v) is 11.8. The first-order chi connectivity index (χ1) is 16.6. The lowest BCUT2D eigenvalue weighted by Crippen LogP contribution is -2.65. The van der Waals surface area contributed by atoms with E-state index in [0.717, 1.165) is 16.5 Å². The maximum absolute atomic E-state index is 13.4. The van der Waals surface area contributed by atoms with Crippen LogP contribution in [0.2, 0.25) is 0 Å². The standard InChI is InChI=1S/C24H35N7O4/c1-14(2)27-23(34)30-9-10-31(24(35)28-15(3)4)20(13-30)22(33)29-19(21(25)32)11-16-12-26-18-8-6-5-7-17(16)18/h5-8,12,14-15,19-20,26H,9-11,13H2,1-4H3,(H2,25,32)(H,27,34)(H,28,35)(H,29,33)/t19-,20-/m1/s1. The zero-order valence-electron chi connectivity index (χ0n) is 20.6. The Balaban J connectivity index is 1.79. The summed E-state index contributed by atoms with van der Waals surface area (Å²) in [6, 6.07) is 4.73. The van der Waals surface area contributed by atoms with Crippen LogP contribution in [-0.4, -0.2) is 82.5 Å². The Labute approximate surface area is 204 Å². The summed E-state index contributed by atoms with van der Waals surface area (Å²) in [4.78, 5) is 57.1. The molecule has 1 aliphatic heterocycles. The molecule has 2 heterocycles. The van der Waals surface area contributed by atoms with Crippen molar-refractivity contribution in [1.82, 2.24) is 30.7 Å². The van der Waals surface area contributed by atoms with Crippen LogP contribution in [0.25, 0.3) is 10.9 Å². The van der Waals surface area contributed by atoms with Crippen molar-refractivity contribution < 1.29 is 19.2 Å². The summed E-state index contributed by atoms with van der Waals surface area (Å²) in [5, 5.41) is 9.26. The number of primary amides is 1. The molecule has 11 nitrogen and oxygen atoms in total. The summed E-state index contributed by atoms with van der Waals surface area (Å²) in [7, 11) is 0. The number of carbonyl (C=O) groups is 4. The molecule has 0 saturated carbocycles. The van der Waals surface area contributed by atoms with Crippen molar-refractivity contribution in [3.8, 4) is 0 Å². The maximum Gasteiger partial charge on any atom is 0.318 e. The Morgan fingerprint density at radius 1 is 1.00 bits per heavy atom. The van der Waals surface area contributed by atoms with Crippen LogP contribution >= 0.6 is 0 Å². The fourth-order valence-electron chi connectivity index (χ4n) is 4.11. The molecule has 0 spiro atoms. The molecule has 0 unspecified atom stereocenters. The van der Waals surface area contributed by atoms with Gasteiger partial charge in [0.05, 0.1) is 6.54 Å². The molecular formula is C24H35N7O4. The molecule has 1 aromatic heterocycles. The summed E-state index contributed by atoms with van der Waals surface area (Å²) in [5.41, 5.74) is 7.38. The Morgan fingerprint density at radius 3 is 2.31 bits per heavy atom. The third-order valence-corrected chi connectivity index (χ3v) is 5.81. The number of amides is 6. The SMILES string of the molecule is CC(C)NC(=O)N1CCN(C(=O)NC(C)C)[C@@H](C(=O)N[C@H](Cc2c[nH]c3ccccc23)C(N)=O)C1. The van der Waals surface area contributed by atoms with Gasteiger partial charge >= 0.3 is 12.1 Å². The van der Waals surface area contributed by atoms with E-state index in [4.69, 9.17) is 5.73 Å². The number of H-pyrrole nitrogens is 1. The Hall–Kier alpha value is -3.76. The van der Waals surface area contributed by atoms with Crippen LogP contribution in [0.5, 0.6) is 0 Å². The molecule has 11 heteroatoms. The first-order valence-electron chi connectivity index (χ1n) is 11.8. The molecule has 0 radical (unpaired) electrons. The molecule has 0 aliphatic carbocycles.